The number of thioether (sulfide) groups is 1. The number of halogens is 2. The monoisotopic (exact) mass is 376 g/mol. The average Bonchev–Trinajstić information content (AvgIpc) is 2.33. The fraction of sp³-hybridized carbons (Fsp3) is 0.167. The maximum atomic E-state index is 5.95. The van der Waals surface area contributed by atoms with E-state index >= 15 is 0 Å². The van der Waals surface area contributed by atoms with Crippen LogP contribution in [0.25, 0.3) is 0 Å². The molecule has 0 atom stereocenters. The lowest BCUT2D eigenvalue weighted by Crippen LogP contribution is -1.94. The molecule has 2 nitrogen and oxygen atoms in total. The van der Waals surface area contributed by atoms with Gasteiger partial charge in [-0.1, -0.05) is 29.3 Å². The SMILES string of the molecule is Cc1ccc(SCc2ncc(I)c(Cl)n2)cc1. The highest BCUT2D eigenvalue weighted by Gasteiger charge is 2.03. The first-order valence-corrected chi connectivity index (χ1v) is 7.46. The van der Waals surface area contributed by atoms with E-state index in [4.69, 9.17) is 11.6 Å². The Balaban J connectivity index is 2.02. The van der Waals surface area contributed by atoms with Crippen LogP contribution in [0.15, 0.2) is 35.4 Å². The molecule has 1 heterocycles. The van der Waals surface area contributed by atoms with E-state index in [1.54, 1.807) is 18.0 Å². The predicted molar refractivity (Wildman–Crippen MR) is 80.5 cm³/mol. The Hall–Kier alpha value is -0.330. The molecule has 2 aromatic rings. The molecule has 0 unspecified atom stereocenters. The van der Waals surface area contributed by atoms with E-state index in [-0.39, 0.29) is 0 Å². The van der Waals surface area contributed by atoms with Gasteiger partial charge in [-0.3, -0.25) is 0 Å². The Labute approximate surface area is 123 Å². The summed E-state index contributed by atoms with van der Waals surface area (Å²) < 4.78 is 0.883. The summed E-state index contributed by atoms with van der Waals surface area (Å²) in [5, 5.41) is 0.528. The van der Waals surface area contributed by atoms with Crippen LogP contribution in [-0.4, -0.2) is 9.97 Å². The van der Waals surface area contributed by atoms with E-state index in [1.165, 1.54) is 10.5 Å². The van der Waals surface area contributed by atoms with E-state index in [2.05, 4.69) is 63.7 Å². The highest BCUT2D eigenvalue weighted by atomic mass is 127. The van der Waals surface area contributed by atoms with Gasteiger partial charge in [0.15, 0.2) is 0 Å². The van der Waals surface area contributed by atoms with Crippen molar-refractivity contribution in [1.29, 1.82) is 0 Å². The summed E-state index contributed by atoms with van der Waals surface area (Å²) in [6, 6.07) is 8.41. The minimum absolute atomic E-state index is 0.528. The number of aryl methyl sites for hydroxylation is 1. The van der Waals surface area contributed by atoms with Gasteiger partial charge in [0.05, 0.1) is 9.32 Å². The van der Waals surface area contributed by atoms with Crippen molar-refractivity contribution in [2.24, 2.45) is 0 Å². The van der Waals surface area contributed by atoms with Crippen molar-refractivity contribution >= 4 is 46.0 Å². The normalized spacial score (nSPS) is 10.5. The Morgan fingerprint density at radius 2 is 2.00 bits per heavy atom. The fourth-order valence-corrected chi connectivity index (χ4v) is 2.40. The molecule has 2 rings (SSSR count). The summed E-state index contributed by atoms with van der Waals surface area (Å²) in [6.45, 7) is 2.08. The number of hydrogen-bond acceptors (Lipinski definition) is 3. The zero-order valence-electron chi connectivity index (χ0n) is 9.15. The van der Waals surface area contributed by atoms with Crippen molar-refractivity contribution in [2.75, 3.05) is 0 Å². The molecule has 0 spiro atoms. The van der Waals surface area contributed by atoms with Gasteiger partial charge in [0.1, 0.15) is 11.0 Å². The van der Waals surface area contributed by atoms with E-state index in [0.29, 0.717) is 5.15 Å². The van der Waals surface area contributed by atoms with E-state index in [9.17, 15) is 0 Å². The molecule has 0 aliphatic rings. The molecule has 0 fully saturated rings. The van der Waals surface area contributed by atoms with Crippen LogP contribution in [0.3, 0.4) is 0 Å². The molecule has 88 valence electrons. The van der Waals surface area contributed by atoms with Crippen LogP contribution in [0.2, 0.25) is 5.15 Å². The minimum atomic E-state index is 0.528. The molecule has 0 aliphatic heterocycles. The molecule has 17 heavy (non-hydrogen) atoms. The number of aromatic nitrogens is 2. The van der Waals surface area contributed by atoms with Crippen molar-refractivity contribution < 1.29 is 0 Å². The van der Waals surface area contributed by atoms with Crippen molar-refractivity contribution in [3.8, 4) is 0 Å². The maximum absolute atomic E-state index is 5.95. The summed E-state index contributed by atoms with van der Waals surface area (Å²) in [5.74, 6) is 1.50. The molecule has 0 bridgehead atoms. The van der Waals surface area contributed by atoms with Crippen LogP contribution in [-0.2, 0) is 5.75 Å². The van der Waals surface area contributed by atoms with E-state index in [1.807, 2.05) is 0 Å². The van der Waals surface area contributed by atoms with Crippen LogP contribution in [0.4, 0.5) is 0 Å². The van der Waals surface area contributed by atoms with Gasteiger partial charge in [-0.25, -0.2) is 9.97 Å². The Kier molecular flexibility index (Phi) is 4.64. The molecule has 0 amide bonds. The molecular weight excluding hydrogens is 367 g/mol. The molecule has 1 aromatic heterocycles. The molecule has 0 aliphatic carbocycles. The molecular formula is C12H10ClIN2S. The van der Waals surface area contributed by atoms with Gasteiger partial charge in [-0.15, -0.1) is 11.8 Å². The van der Waals surface area contributed by atoms with E-state index < -0.39 is 0 Å². The van der Waals surface area contributed by atoms with Crippen LogP contribution in [0.5, 0.6) is 0 Å². The van der Waals surface area contributed by atoms with Gasteiger partial charge in [0.2, 0.25) is 0 Å². The third kappa shape index (κ3) is 3.82. The second kappa shape index (κ2) is 6.02. The topological polar surface area (TPSA) is 25.8 Å². The lowest BCUT2D eigenvalue weighted by molar-refractivity contribution is 1.02. The quantitative estimate of drug-likeness (QED) is 0.453. The first-order valence-electron chi connectivity index (χ1n) is 5.01. The summed E-state index contributed by atoms with van der Waals surface area (Å²) in [5.41, 5.74) is 1.27. The predicted octanol–water partition coefficient (Wildman–Crippen LogP) is 4.34. The lowest BCUT2D eigenvalue weighted by atomic mass is 10.2. The van der Waals surface area contributed by atoms with Gasteiger partial charge in [0.25, 0.3) is 0 Å². The first kappa shape index (κ1) is 13.1. The van der Waals surface area contributed by atoms with E-state index in [0.717, 1.165) is 15.1 Å². The van der Waals surface area contributed by atoms with Gasteiger partial charge in [0, 0.05) is 11.1 Å². The largest absolute Gasteiger partial charge is 0.239 e. The van der Waals surface area contributed by atoms with Crippen molar-refractivity contribution in [2.45, 2.75) is 17.6 Å². The lowest BCUT2D eigenvalue weighted by Gasteiger charge is -2.02. The zero-order chi connectivity index (χ0) is 12.3. The molecule has 0 saturated heterocycles. The Bertz CT molecular complexity index is 516. The van der Waals surface area contributed by atoms with Crippen LogP contribution in [0.1, 0.15) is 11.4 Å². The highest BCUT2D eigenvalue weighted by molar-refractivity contribution is 14.1. The summed E-state index contributed by atoms with van der Waals surface area (Å²) in [6.07, 6.45) is 1.75. The van der Waals surface area contributed by atoms with Gasteiger partial charge in [-0.05, 0) is 41.6 Å². The maximum Gasteiger partial charge on any atom is 0.146 e. The third-order valence-corrected chi connectivity index (χ3v) is 4.54. The second-order valence-electron chi connectivity index (χ2n) is 3.53. The molecule has 0 N–H and O–H groups in total. The minimum Gasteiger partial charge on any atom is -0.239 e. The summed E-state index contributed by atoms with van der Waals surface area (Å²) >= 11 is 9.78. The Morgan fingerprint density at radius 3 is 2.65 bits per heavy atom. The highest BCUT2D eigenvalue weighted by Crippen LogP contribution is 2.22. The Morgan fingerprint density at radius 1 is 1.29 bits per heavy atom. The molecule has 5 heteroatoms. The van der Waals surface area contributed by atoms with Crippen LogP contribution < -0.4 is 0 Å². The second-order valence-corrected chi connectivity index (χ2v) is 6.10. The van der Waals surface area contributed by atoms with Crippen molar-refractivity contribution in [3.05, 3.63) is 50.6 Å². The molecule has 0 radical (unpaired) electrons. The number of benzene rings is 1. The molecule has 1 aromatic carbocycles. The average molecular weight is 377 g/mol. The first-order chi connectivity index (χ1) is 8.15. The van der Waals surface area contributed by atoms with Gasteiger partial charge in [-0.2, -0.15) is 0 Å². The summed E-state index contributed by atoms with van der Waals surface area (Å²) in [7, 11) is 0. The van der Waals surface area contributed by atoms with Gasteiger partial charge < -0.3 is 0 Å². The number of hydrogen-bond donors (Lipinski definition) is 0. The number of nitrogens with zero attached hydrogens (tertiary/aromatic N) is 2. The van der Waals surface area contributed by atoms with Crippen molar-refractivity contribution in [1.82, 2.24) is 9.97 Å². The van der Waals surface area contributed by atoms with Crippen LogP contribution >= 0.6 is 46.0 Å². The zero-order valence-corrected chi connectivity index (χ0v) is 12.9. The van der Waals surface area contributed by atoms with Crippen LogP contribution in [0, 0.1) is 10.5 Å². The summed E-state index contributed by atoms with van der Waals surface area (Å²) in [4.78, 5) is 9.70. The van der Waals surface area contributed by atoms with Crippen molar-refractivity contribution in [3.63, 3.8) is 0 Å². The number of rotatable bonds is 3. The third-order valence-electron chi connectivity index (χ3n) is 2.14. The smallest absolute Gasteiger partial charge is 0.146 e. The fourth-order valence-electron chi connectivity index (χ4n) is 1.23. The van der Waals surface area contributed by atoms with Gasteiger partial charge >= 0.3 is 0 Å². The molecule has 0 saturated carbocycles. The standard InChI is InChI=1S/C12H10ClIN2S/c1-8-2-4-9(5-3-8)17-7-11-15-6-10(14)12(13)16-11/h2-6H,7H2,1H3.